The Hall–Kier alpha value is -3.19. The van der Waals surface area contributed by atoms with Crippen LogP contribution in [0.4, 0.5) is 0 Å². The third-order valence-corrected chi connectivity index (χ3v) is 4.23. The molecule has 1 aromatic heterocycles. The average Bonchev–Trinajstić information content (AvgIpc) is 3.10. The summed E-state index contributed by atoms with van der Waals surface area (Å²) in [7, 11) is 3.39. The van der Waals surface area contributed by atoms with Crippen LogP contribution in [0.5, 0.6) is 5.75 Å². The van der Waals surface area contributed by atoms with Crippen LogP contribution in [0, 0.1) is 0 Å². The van der Waals surface area contributed by atoms with Gasteiger partial charge < -0.3 is 10.1 Å². The van der Waals surface area contributed by atoms with Crippen LogP contribution in [0.25, 0.3) is 11.3 Å². The summed E-state index contributed by atoms with van der Waals surface area (Å²) in [4.78, 5) is 0. The molecule has 2 N–H and O–H groups in total. The molecule has 0 fully saturated rings. The van der Waals surface area contributed by atoms with Crippen LogP contribution in [-0.2, 0) is 6.54 Å². The van der Waals surface area contributed by atoms with Crippen molar-refractivity contribution >= 4 is 23.5 Å². The number of nitrogens with zero attached hydrogens (tertiary/aromatic N) is 3. The number of aromatic nitrogens is 2. The van der Waals surface area contributed by atoms with Gasteiger partial charge in [0.05, 0.1) is 19.9 Å². The number of hydrogen-bond donors (Lipinski definition) is 2. The van der Waals surface area contributed by atoms with Crippen LogP contribution < -0.4 is 15.5 Å². The zero-order valence-electron chi connectivity index (χ0n) is 15.2. The fourth-order valence-electron chi connectivity index (χ4n) is 2.65. The van der Waals surface area contributed by atoms with Crippen molar-refractivity contribution < 1.29 is 4.74 Å². The predicted octanol–water partition coefficient (Wildman–Crippen LogP) is 3.03. The molecule has 7 heteroatoms. The van der Waals surface area contributed by atoms with Gasteiger partial charge in [-0.3, -0.25) is 10.1 Å². The van der Waals surface area contributed by atoms with Gasteiger partial charge in [0, 0.05) is 24.4 Å². The van der Waals surface area contributed by atoms with Gasteiger partial charge in [-0.05, 0) is 29.9 Å². The first kappa shape index (κ1) is 18.6. The monoisotopic (exact) mass is 379 g/mol. The first-order valence-electron chi connectivity index (χ1n) is 8.47. The molecule has 0 amide bonds. The van der Waals surface area contributed by atoms with E-state index in [0.717, 1.165) is 22.6 Å². The number of nitrogens with one attached hydrogen (secondary N) is 2. The van der Waals surface area contributed by atoms with E-state index in [0.29, 0.717) is 11.7 Å². The predicted molar refractivity (Wildman–Crippen MR) is 112 cm³/mol. The molecule has 0 radical (unpaired) electrons. The fraction of sp³-hybridized carbons (Fsp3) is 0.150. The Morgan fingerprint density at radius 1 is 1.19 bits per heavy atom. The van der Waals surface area contributed by atoms with Crippen molar-refractivity contribution in [3.05, 3.63) is 71.9 Å². The fourth-order valence-corrected chi connectivity index (χ4v) is 2.70. The van der Waals surface area contributed by atoms with Gasteiger partial charge >= 0.3 is 0 Å². The van der Waals surface area contributed by atoms with Gasteiger partial charge in [0.1, 0.15) is 11.4 Å². The first-order chi connectivity index (χ1) is 13.2. The van der Waals surface area contributed by atoms with Crippen LogP contribution in [-0.4, -0.2) is 35.3 Å². The molecule has 0 aliphatic rings. The molecule has 0 aliphatic heterocycles. The summed E-state index contributed by atoms with van der Waals surface area (Å²) >= 11 is 5.05. The van der Waals surface area contributed by atoms with Gasteiger partial charge in [-0.1, -0.05) is 42.5 Å². The SMILES string of the molecule is CNC(=S)N/N=C\c1cn(Cc2ccccc2)nc1-c1ccccc1OC. The van der Waals surface area contributed by atoms with Crippen molar-refractivity contribution in [2.45, 2.75) is 6.54 Å². The Morgan fingerprint density at radius 2 is 1.93 bits per heavy atom. The second-order valence-corrected chi connectivity index (χ2v) is 6.17. The molecule has 0 aliphatic carbocycles. The highest BCUT2D eigenvalue weighted by Gasteiger charge is 2.14. The maximum Gasteiger partial charge on any atom is 0.186 e. The molecular formula is C20H21N5OS. The summed E-state index contributed by atoms with van der Waals surface area (Å²) in [5.74, 6) is 0.760. The lowest BCUT2D eigenvalue weighted by molar-refractivity contribution is 0.416. The van der Waals surface area contributed by atoms with Gasteiger partial charge in [-0.2, -0.15) is 10.2 Å². The van der Waals surface area contributed by atoms with Gasteiger partial charge in [0.15, 0.2) is 5.11 Å². The molecule has 3 aromatic rings. The maximum atomic E-state index is 5.50. The molecule has 0 saturated heterocycles. The lowest BCUT2D eigenvalue weighted by atomic mass is 10.1. The Kier molecular flexibility index (Phi) is 6.17. The molecular weight excluding hydrogens is 358 g/mol. The first-order valence-corrected chi connectivity index (χ1v) is 8.87. The van der Waals surface area contributed by atoms with E-state index in [4.69, 9.17) is 22.1 Å². The zero-order valence-corrected chi connectivity index (χ0v) is 16.0. The van der Waals surface area contributed by atoms with Crippen LogP contribution in [0.1, 0.15) is 11.1 Å². The van der Waals surface area contributed by atoms with Gasteiger partial charge in [0.25, 0.3) is 0 Å². The number of rotatable bonds is 6. The summed E-state index contributed by atoms with van der Waals surface area (Å²) in [5.41, 5.74) is 6.50. The normalized spacial score (nSPS) is 10.7. The van der Waals surface area contributed by atoms with E-state index < -0.39 is 0 Å². The molecule has 0 unspecified atom stereocenters. The molecule has 6 nitrogen and oxygen atoms in total. The molecule has 1 heterocycles. The third kappa shape index (κ3) is 4.71. The summed E-state index contributed by atoms with van der Waals surface area (Å²) in [5, 5.41) is 12.2. The molecule has 0 saturated carbocycles. The highest BCUT2D eigenvalue weighted by molar-refractivity contribution is 7.80. The molecule has 0 bridgehead atoms. The minimum Gasteiger partial charge on any atom is -0.496 e. The van der Waals surface area contributed by atoms with Gasteiger partial charge in [-0.15, -0.1) is 0 Å². The summed E-state index contributed by atoms with van der Waals surface area (Å²) < 4.78 is 7.40. The van der Waals surface area contributed by atoms with Crippen LogP contribution >= 0.6 is 12.2 Å². The minimum atomic E-state index is 0.446. The zero-order chi connectivity index (χ0) is 19.1. The largest absolute Gasteiger partial charge is 0.496 e. The summed E-state index contributed by atoms with van der Waals surface area (Å²) in [6.07, 6.45) is 3.67. The van der Waals surface area contributed by atoms with E-state index in [1.54, 1.807) is 20.4 Å². The highest BCUT2D eigenvalue weighted by atomic mass is 32.1. The summed E-state index contributed by atoms with van der Waals surface area (Å²) in [6, 6.07) is 18.0. The van der Waals surface area contributed by atoms with Gasteiger partial charge in [-0.25, -0.2) is 0 Å². The van der Waals surface area contributed by atoms with Crippen LogP contribution in [0.2, 0.25) is 0 Å². The van der Waals surface area contributed by atoms with E-state index in [9.17, 15) is 0 Å². The van der Waals surface area contributed by atoms with Crippen molar-refractivity contribution in [1.82, 2.24) is 20.5 Å². The summed E-state index contributed by atoms with van der Waals surface area (Å²) in [6.45, 7) is 0.666. The van der Waals surface area contributed by atoms with Crippen molar-refractivity contribution in [2.24, 2.45) is 5.10 Å². The molecule has 0 atom stereocenters. The highest BCUT2D eigenvalue weighted by Crippen LogP contribution is 2.30. The molecule has 3 rings (SSSR count). The van der Waals surface area contributed by atoms with E-state index in [1.807, 2.05) is 53.3 Å². The van der Waals surface area contributed by atoms with E-state index >= 15 is 0 Å². The van der Waals surface area contributed by atoms with E-state index in [1.165, 1.54) is 5.56 Å². The smallest absolute Gasteiger partial charge is 0.186 e. The number of hydrazone groups is 1. The van der Waals surface area contributed by atoms with Crippen molar-refractivity contribution in [3.8, 4) is 17.0 Å². The lowest BCUT2D eigenvalue weighted by Crippen LogP contribution is -2.28. The Bertz CT molecular complexity index is 937. The topological polar surface area (TPSA) is 63.5 Å². The number of para-hydroxylation sites is 1. The van der Waals surface area contributed by atoms with Crippen LogP contribution in [0.3, 0.4) is 0 Å². The van der Waals surface area contributed by atoms with Crippen molar-refractivity contribution in [2.75, 3.05) is 14.2 Å². The molecule has 138 valence electrons. The van der Waals surface area contributed by atoms with E-state index in [-0.39, 0.29) is 0 Å². The number of ether oxygens (including phenoxy) is 1. The Balaban J connectivity index is 1.97. The third-order valence-electron chi connectivity index (χ3n) is 3.94. The van der Waals surface area contributed by atoms with Crippen molar-refractivity contribution in [1.29, 1.82) is 0 Å². The number of thiocarbonyl (C=S) groups is 1. The Morgan fingerprint density at radius 3 is 2.67 bits per heavy atom. The lowest BCUT2D eigenvalue weighted by Gasteiger charge is -2.06. The second kappa shape index (κ2) is 8.95. The Labute approximate surface area is 163 Å². The standard InChI is InChI=1S/C20H21N5OS/c1-21-20(27)23-22-12-16-14-25(13-15-8-4-3-5-9-15)24-19(16)17-10-6-7-11-18(17)26-2/h3-12,14H,13H2,1-2H3,(H2,21,23,27)/b22-12-. The molecule has 27 heavy (non-hydrogen) atoms. The molecule has 2 aromatic carbocycles. The number of methoxy groups -OCH3 is 1. The molecule has 0 spiro atoms. The average molecular weight is 379 g/mol. The number of hydrogen-bond acceptors (Lipinski definition) is 4. The van der Waals surface area contributed by atoms with Gasteiger partial charge in [0.2, 0.25) is 0 Å². The quantitative estimate of drug-likeness (QED) is 0.392. The maximum absolute atomic E-state index is 5.50. The minimum absolute atomic E-state index is 0.446. The number of benzene rings is 2. The van der Waals surface area contributed by atoms with Crippen molar-refractivity contribution in [3.63, 3.8) is 0 Å². The van der Waals surface area contributed by atoms with E-state index in [2.05, 4.69) is 28.0 Å². The van der Waals surface area contributed by atoms with Crippen LogP contribution in [0.15, 0.2) is 65.9 Å². The second-order valence-electron chi connectivity index (χ2n) is 5.77.